The van der Waals surface area contributed by atoms with E-state index in [1.165, 1.54) is 24.3 Å². The Morgan fingerprint density at radius 3 is 1.88 bits per heavy atom. The van der Waals surface area contributed by atoms with E-state index >= 15 is 0 Å². The summed E-state index contributed by atoms with van der Waals surface area (Å²) < 4.78 is 34.7. The zero-order valence-corrected chi connectivity index (χ0v) is 18.2. The number of benzene rings is 3. The van der Waals surface area contributed by atoms with Gasteiger partial charge in [0.05, 0.1) is 5.02 Å². The normalized spacial score (nSPS) is 11.0. The van der Waals surface area contributed by atoms with E-state index in [0.29, 0.717) is 16.5 Å². The second-order valence-corrected chi connectivity index (χ2v) is 8.01. The van der Waals surface area contributed by atoms with E-state index in [0.717, 1.165) is 30.5 Å². The maximum atomic E-state index is 13.4. The number of ether oxygens (including phenoxy) is 1. The van der Waals surface area contributed by atoms with Crippen LogP contribution in [-0.2, 0) is 6.54 Å². The van der Waals surface area contributed by atoms with E-state index in [1.807, 2.05) is 42.7 Å². The molecule has 0 N–H and O–H groups in total. The Hall–Kier alpha value is -3.24. The summed E-state index contributed by atoms with van der Waals surface area (Å²) in [6.07, 6.45) is 5.69. The van der Waals surface area contributed by atoms with Gasteiger partial charge in [-0.15, -0.1) is 0 Å². The van der Waals surface area contributed by atoms with Crippen LogP contribution in [0.2, 0.25) is 5.02 Å². The third kappa shape index (κ3) is 5.71. The van der Waals surface area contributed by atoms with Crippen LogP contribution in [0.1, 0.15) is 29.9 Å². The Labute approximate surface area is 191 Å². The van der Waals surface area contributed by atoms with Crippen molar-refractivity contribution in [2.24, 2.45) is 0 Å². The molecule has 4 aromatic rings. The molecule has 4 rings (SSSR count). The fourth-order valence-corrected chi connectivity index (χ4v) is 3.88. The zero-order chi connectivity index (χ0) is 22.3. The van der Waals surface area contributed by atoms with Gasteiger partial charge in [-0.25, -0.2) is 13.3 Å². The maximum Gasteiger partial charge on any atom is 0.172 e. The number of hydrogen-bond donors (Lipinski definition) is 0. The number of pyridine rings is 1. The molecule has 2 nitrogen and oxygen atoms in total. The molecule has 0 aliphatic rings. The van der Waals surface area contributed by atoms with Gasteiger partial charge in [0.25, 0.3) is 0 Å². The summed E-state index contributed by atoms with van der Waals surface area (Å²) in [4.78, 5) is 0. The maximum absolute atomic E-state index is 13.4. The highest BCUT2D eigenvalue weighted by Crippen LogP contribution is 2.30. The predicted molar refractivity (Wildman–Crippen MR) is 122 cm³/mol. The topological polar surface area (TPSA) is 13.1 Å². The summed E-state index contributed by atoms with van der Waals surface area (Å²) in [6.45, 7) is 0.811. The van der Waals surface area contributed by atoms with Crippen LogP contribution in [0, 0.1) is 11.6 Å². The van der Waals surface area contributed by atoms with Crippen molar-refractivity contribution in [1.82, 2.24) is 0 Å². The van der Waals surface area contributed by atoms with E-state index in [2.05, 4.69) is 4.57 Å². The van der Waals surface area contributed by atoms with Gasteiger partial charge in [-0.05, 0) is 53.9 Å². The van der Waals surface area contributed by atoms with Crippen LogP contribution in [0.3, 0.4) is 0 Å². The first-order chi connectivity index (χ1) is 15.6. The second-order valence-electron chi connectivity index (χ2n) is 7.60. The molecule has 0 saturated carbocycles. The van der Waals surface area contributed by atoms with Gasteiger partial charge in [-0.3, -0.25) is 0 Å². The lowest BCUT2D eigenvalue weighted by Gasteiger charge is -2.17. The third-order valence-electron chi connectivity index (χ3n) is 5.38. The van der Waals surface area contributed by atoms with Gasteiger partial charge in [0.2, 0.25) is 0 Å². The molecule has 0 fully saturated rings. The van der Waals surface area contributed by atoms with Crippen LogP contribution in [0.25, 0.3) is 0 Å². The van der Waals surface area contributed by atoms with Crippen LogP contribution in [0.15, 0.2) is 97.3 Å². The number of aromatic nitrogens is 1. The van der Waals surface area contributed by atoms with Crippen molar-refractivity contribution < 1.29 is 18.1 Å². The van der Waals surface area contributed by atoms with Crippen molar-refractivity contribution in [2.75, 3.05) is 0 Å². The number of nitrogens with zero attached hydrogens (tertiary/aromatic N) is 1. The largest absolute Gasteiger partial charge is 0.455 e. The average molecular weight is 451 g/mol. The molecule has 1 heterocycles. The molecule has 3 aromatic carbocycles. The third-order valence-corrected chi connectivity index (χ3v) is 5.69. The highest BCUT2D eigenvalue weighted by atomic mass is 35.5. The van der Waals surface area contributed by atoms with Gasteiger partial charge >= 0.3 is 0 Å². The van der Waals surface area contributed by atoms with Crippen LogP contribution >= 0.6 is 11.6 Å². The number of hydrogen-bond acceptors (Lipinski definition) is 1. The van der Waals surface area contributed by atoms with Gasteiger partial charge in [0.1, 0.15) is 29.7 Å². The molecule has 32 heavy (non-hydrogen) atoms. The molecule has 5 heteroatoms. The van der Waals surface area contributed by atoms with Crippen molar-refractivity contribution >= 4 is 11.6 Å². The molecule has 0 saturated heterocycles. The number of para-hydroxylation sites is 1. The molecule has 1 aromatic heterocycles. The molecular weight excluding hydrogens is 428 g/mol. The van der Waals surface area contributed by atoms with Crippen molar-refractivity contribution in [3.05, 3.63) is 125 Å². The predicted octanol–water partition coefficient (Wildman–Crippen LogP) is 7.31. The smallest absolute Gasteiger partial charge is 0.172 e. The monoisotopic (exact) mass is 450 g/mol. The molecule has 0 unspecified atom stereocenters. The van der Waals surface area contributed by atoms with Gasteiger partial charge in [-0.2, -0.15) is 0 Å². The number of aryl methyl sites for hydroxylation is 1. The Balaban J connectivity index is 1.40. The van der Waals surface area contributed by atoms with E-state index in [4.69, 9.17) is 16.3 Å². The van der Waals surface area contributed by atoms with Crippen LogP contribution in [-0.4, -0.2) is 0 Å². The highest BCUT2D eigenvalue weighted by molar-refractivity contribution is 6.32. The van der Waals surface area contributed by atoms with Crippen LogP contribution in [0.5, 0.6) is 11.5 Å². The summed E-state index contributed by atoms with van der Waals surface area (Å²) in [5.41, 5.74) is 2.04. The molecule has 0 amide bonds. The fourth-order valence-electron chi connectivity index (χ4n) is 3.71. The van der Waals surface area contributed by atoms with E-state index in [1.54, 1.807) is 30.3 Å². The summed E-state index contributed by atoms with van der Waals surface area (Å²) >= 11 is 6.15. The SMILES string of the molecule is Fc1ccc(C(CCC[n+]2ccc(Oc3ccccc3Cl)cc2)c2ccc(F)cc2)cc1. The molecule has 0 atom stereocenters. The van der Waals surface area contributed by atoms with Gasteiger partial charge in [0, 0.05) is 24.5 Å². The van der Waals surface area contributed by atoms with E-state index in [9.17, 15) is 8.78 Å². The average Bonchev–Trinajstić information content (AvgIpc) is 2.81. The van der Waals surface area contributed by atoms with Crippen LogP contribution < -0.4 is 9.30 Å². The molecule has 0 bridgehead atoms. The van der Waals surface area contributed by atoms with Crippen molar-refractivity contribution in [1.29, 1.82) is 0 Å². The van der Waals surface area contributed by atoms with E-state index in [-0.39, 0.29) is 17.6 Å². The minimum Gasteiger partial charge on any atom is -0.455 e. The van der Waals surface area contributed by atoms with Crippen LogP contribution in [0.4, 0.5) is 8.78 Å². The minimum absolute atomic E-state index is 0.0691. The number of halogens is 3. The molecule has 0 radical (unpaired) electrons. The van der Waals surface area contributed by atoms with Gasteiger partial charge in [-0.1, -0.05) is 48.0 Å². The molecule has 162 valence electrons. The molecule has 0 aliphatic carbocycles. The molecule has 0 aliphatic heterocycles. The van der Waals surface area contributed by atoms with Crippen molar-refractivity contribution in [3.63, 3.8) is 0 Å². The fraction of sp³-hybridized carbons (Fsp3) is 0.148. The Bertz CT molecular complexity index is 1100. The Morgan fingerprint density at radius 1 is 0.750 bits per heavy atom. The highest BCUT2D eigenvalue weighted by Gasteiger charge is 2.16. The molecular formula is C27H23ClF2NO+. The number of rotatable bonds is 8. The summed E-state index contributed by atoms with van der Waals surface area (Å²) in [6, 6.07) is 24.3. The lowest BCUT2D eigenvalue weighted by Crippen LogP contribution is -2.32. The lowest BCUT2D eigenvalue weighted by molar-refractivity contribution is -0.697. The quantitative estimate of drug-likeness (QED) is 0.256. The minimum atomic E-state index is -0.263. The first-order valence-electron chi connectivity index (χ1n) is 10.5. The standard InChI is InChI=1S/C27H23ClF2NO/c28-26-5-1-2-6-27(26)32-24-15-18-31(19-16-24)17-3-4-25(20-7-11-22(29)12-8-20)21-9-13-23(30)14-10-21/h1-2,5-16,18-19,25H,3-4,17H2/q+1. The summed E-state index contributed by atoms with van der Waals surface area (Å²) in [5.74, 6) is 0.875. The lowest BCUT2D eigenvalue weighted by atomic mass is 9.87. The first-order valence-corrected chi connectivity index (χ1v) is 10.9. The molecule has 0 spiro atoms. The Morgan fingerprint density at radius 2 is 1.31 bits per heavy atom. The first kappa shape index (κ1) is 22.0. The van der Waals surface area contributed by atoms with E-state index < -0.39 is 0 Å². The zero-order valence-electron chi connectivity index (χ0n) is 17.4. The van der Waals surface area contributed by atoms with Gasteiger partial charge < -0.3 is 4.74 Å². The van der Waals surface area contributed by atoms with Crippen molar-refractivity contribution in [3.8, 4) is 11.5 Å². The van der Waals surface area contributed by atoms with Gasteiger partial charge in [0.15, 0.2) is 12.4 Å². The Kier molecular flexibility index (Phi) is 7.13. The van der Waals surface area contributed by atoms with Crippen molar-refractivity contribution in [2.45, 2.75) is 25.3 Å². The summed E-state index contributed by atoms with van der Waals surface area (Å²) in [7, 11) is 0. The summed E-state index contributed by atoms with van der Waals surface area (Å²) in [5, 5.41) is 0.567. The second kappa shape index (κ2) is 10.4.